The second-order valence-corrected chi connectivity index (χ2v) is 2.91. The maximum absolute atomic E-state index is 11.0. The Kier molecular flexibility index (Phi) is 3.46. The van der Waals surface area contributed by atoms with Gasteiger partial charge in [0.1, 0.15) is 0 Å². The number of hydrogen-bond donors (Lipinski definition) is 1. The van der Waals surface area contributed by atoms with Crippen molar-refractivity contribution >= 4 is 5.97 Å². The molecule has 0 aliphatic carbocycles. The van der Waals surface area contributed by atoms with Crippen LogP contribution in [0.5, 0.6) is 0 Å². The minimum atomic E-state index is -0.313. The Morgan fingerprint density at radius 1 is 1.46 bits per heavy atom. The predicted octanol–water partition coefficient (Wildman–Crippen LogP) is 0.0126. The highest BCUT2D eigenvalue weighted by atomic mass is 16.5. The van der Waals surface area contributed by atoms with Crippen molar-refractivity contribution in [3.8, 4) is 0 Å². The molecule has 0 radical (unpaired) electrons. The molecule has 1 aromatic rings. The lowest BCUT2D eigenvalue weighted by molar-refractivity contribution is -0.407. The first-order chi connectivity index (χ1) is 6.24. The van der Waals surface area contributed by atoms with Crippen molar-refractivity contribution in [3.05, 3.63) is 35.9 Å². The fourth-order valence-corrected chi connectivity index (χ4v) is 1.15. The highest BCUT2D eigenvalue weighted by Gasteiger charge is 2.17. The van der Waals surface area contributed by atoms with Crippen molar-refractivity contribution in [3.63, 3.8) is 0 Å². The Labute approximate surface area is 77.5 Å². The van der Waals surface area contributed by atoms with E-state index in [4.69, 9.17) is 0 Å². The van der Waals surface area contributed by atoms with Crippen LogP contribution in [0.3, 0.4) is 0 Å². The fraction of sp³-hybridized carbons (Fsp3) is 0.300. The monoisotopic (exact) mass is 180 g/mol. The number of carbonyl (C=O) groups excluding carboxylic acids is 1. The molecule has 3 N–H and O–H groups in total. The van der Waals surface area contributed by atoms with Gasteiger partial charge in [-0.25, -0.2) is 4.79 Å². The molecule has 3 nitrogen and oxygen atoms in total. The Bertz CT molecular complexity index is 272. The van der Waals surface area contributed by atoms with E-state index < -0.39 is 0 Å². The topological polar surface area (TPSA) is 53.9 Å². The molecular formula is C10H14NO2+. The lowest BCUT2D eigenvalue weighted by Crippen LogP contribution is -2.66. The zero-order valence-electron chi connectivity index (χ0n) is 7.69. The Morgan fingerprint density at radius 3 is 2.62 bits per heavy atom. The van der Waals surface area contributed by atoms with Gasteiger partial charge in [0.25, 0.3) is 0 Å². The fourth-order valence-electron chi connectivity index (χ4n) is 1.15. The number of methoxy groups -OCH3 is 1. The summed E-state index contributed by atoms with van der Waals surface area (Å²) in [5.41, 5.74) is 4.83. The standard InChI is InChI=1S/C10H13NO2/c1-13-10(12)9(11)7-8-5-3-2-4-6-8/h2-6,9H,7,11H2,1H3/p+1/t9-/m1/s1. The summed E-state index contributed by atoms with van der Waals surface area (Å²) in [6.45, 7) is 0. The zero-order valence-corrected chi connectivity index (χ0v) is 7.69. The number of benzene rings is 1. The molecule has 3 heteroatoms. The van der Waals surface area contributed by atoms with E-state index in [0.29, 0.717) is 6.42 Å². The van der Waals surface area contributed by atoms with Crippen molar-refractivity contribution in [1.82, 2.24) is 0 Å². The van der Waals surface area contributed by atoms with E-state index in [2.05, 4.69) is 10.5 Å². The Hall–Kier alpha value is -1.35. The summed E-state index contributed by atoms with van der Waals surface area (Å²) in [4.78, 5) is 11.0. The molecule has 0 spiro atoms. The smallest absolute Gasteiger partial charge is 0.364 e. The van der Waals surface area contributed by atoms with Crippen LogP contribution in [0.2, 0.25) is 0 Å². The van der Waals surface area contributed by atoms with Crippen LogP contribution in [0.15, 0.2) is 30.3 Å². The molecule has 0 unspecified atom stereocenters. The molecule has 1 aromatic carbocycles. The van der Waals surface area contributed by atoms with Crippen LogP contribution >= 0.6 is 0 Å². The number of esters is 1. The first-order valence-electron chi connectivity index (χ1n) is 4.19. The van der Waals surface area contributed by atoms with Gasteiger partial charge in [-0.15, -0.1) is 0 Å². The normalized spacial score (nSPS) is 12.2. The van der Waals surface area contributed by atoms with Gasteiger partial charge in [0.2, 0.25) is 0 Å². The van der Waals surface area contributed by atoms with Crippen LogP contribution in [0.4, 0.5) is 0 Å². The molecule has 0 saturated carbocycles. The predicted molar refractivity (Wildman–Crippen MR) is 48.8 cm³/mol. The van der Waals surface area contributed by atoms with Gasteiger partial charge in [0.15, 0.2) is 6.04 Å². The van der Waals surface area contributed by atoms with Crippen LogP contribution in [-0.2, 0) is 16.0 Å². The second-order valence-electron chi connectivity index (χ2n) is 2.91. The van der Waals surface area contributed by atoms with Gasteiger partial charge in [-0.05, 0) is 5.56 Å². The van der Waals surface area contributed by atoms with E-state index in [9.17, 15) is 4.79 Å². The number of rotatable bonds is 3. The van der Waals surface area contributed by atoms with Crippen molar-refractivity contribution in [2.24, 2.45) is 0 Å². The van der Waals surface area contributed by atoms with Crippen molar-refractivity contribution in [1.29, 1.82) is 0 Å². The van der Waals surface area contributed by atoms with Crippen molar-refractivity contribution in [2.75, 3.05) is 7.11 Å². The first-order valence-corrected chi connectivity index (χ1v) is 4.19. The van der Waals surface area contributed by atoms with Gasteiger partial charge in [0.05, 0.1) is 7.11 Å². The van der Waals surface area contributed by atoms with Gasteiger partial charge in [-0.2, -0.15) is 0 Å². The molecule has 0 saturated heterocycles. The molecule has 1 rings (SSSR count). The quantitative estimate of drug-likeness (QED) is 0.666. The van der Waals surface area contributed by atoms with Crippen molar-refractivity contribution in [2.45, 2.75) is 12.5 Å². The maximum atomic E-state index is 11.0. The highest BCUT2D eigenvalue weighted by Crippen LogP contribution is 2.01. The summed E-state index contributed by atoms with van der Waals surface area (Å²) in [5.74, 6) is -0.260. The largest absolute Gasteiger partial charge is 0.465 e. The molecule has 0 bridgehead atoms. The van der Waals surface area contributed by atoms with Crippen LogP contribution in [0, 0.1) is 0 Å². The minimum absolute atomic E-state index is 0.260. The summed E-state index contributed by atoms with van der Waals surface area (Å²) in [5, 5.41) is 0. The molecule has 0 amide bonds. The van der Waals surface area contributed by atoms with Crippen molar-refractivity contribution < 1.29 is 15.3 Å². The molecule has 0 aliphatic heterocycles. The first kappa shape index (κ1) is 9.74. The Balaban J connectivity index is 2.55. The lowest BCUT2D eigenvalue weighted by Gasteiger charge is -2.05. The van der Waals surface area contributed by atoms with E-state index in [1.165, 1.54) is 7.11 Å². The second kappa shape index (κ2) is 4.62. The number of quaternary nitrogens is 1. The third kappa shape index (κ3) is 2.87. The summed E-state index contributed by atoms with van der Waals surface area (Å²) in [6, 6.07) is 9.47. The number of hydrogen-bond acceptors (Lipinski definition) is 2. The molecule has 1 atom stereocenters. The average Bonchev–Trinajstić information content (AvgIpc) is 2.18. The number of carbonyl (C=O) groups is 1. The molecule has 0 aliphatic rings. The van der Waals surface area contributed by atoms with E-state index in [1.54, 1.807) is 0 Å². The zero-order chi connectivity index (χ0) is 9.68. The van der Waals surface area contributed by atoms with E-state index >= 15 is 0 Å². The molecular weight excluding hydrogens is 166 g/mol. The molecule has 0 aromatic heterocycles. The third-order valence-electron chi connectivity index (χ3n) is 1.86. The van der Waals surface area contributed by atoms with Gasteiger partial charge in [-0.1, -0.05) is 30.3 Å². The van der Waals surface area contributed by atoms with E-state index in [-0.39, 0.29) is 12.0 Å². The highest BCUT2D eigenvalue weighted by molar-refractivity contribution is 5.74. The summed E-state index contributed by atoms with van der Waals surface area (Å²) >= 11 is 0. The Morgan fingerprint density at radius 2 is 2.08 bits per heavy atom. The van der Waals surface area contributed by atoms with Crippen LogP contribution < -0.4 is 5.73 Å². The van der Waals surface area contributed by atoms with Gasteiger partial charge in [-0.3, -0.25) is 0 Å². The van der Waals surface area contributed by atoms with Crippen LogP contribution in [0.1, 0.15) is 5.56 Å². The SMILES string of the molecule is COC(=O)[C@H]([NH3+])Cc1ccccc1. The lowest BCUT2D eigenvalue weighted by atomic mass is 10.1. The van der Waals surface area contributed by atoms with Gasteiger partial charge in [0, 0.05) is 6.42 Å². The number of ether oxygens (including phenoxy) is 1. The summed E-state index contributed by atoms with van der Waals surface area (Å²) in [7, 11) is 1.38. The maximum Gasteiger partial charge on any atom is 0.364 e. The minimum Gasteiger partial charge on any atom is -0.465 e. The van der Waals surface area contributed by atoms with E-state index in [1.807, 2.05) is 30.3 Å². The molecule has 70 valence electrons. The molecule has 0 fully saturated rings. The van der Waals surface area contributed by atoms with Crippen LogP contribution in [-0.4, -0.2) is 19.1 Å². The molecule has 0 heterocycles. The summed E-state index contributed by atoms with van der Waals surface area (Å²) < 4.78 is 4.58. The van der Waals surface area contributed by atoms with Gasteiger partial charge >= 0.3 is 5.97 Å². The van der Waals surface area contributed by atoms with Gasteiger partial charge < -0.3 is 10.5 Å². The summed E-state index contributed by atoms with van der Waals surface area (Å²) in [6.07, 6.45) is 0.632. The average molecular weight is 180 g/mol. The van der Waals surface area contributed by atoms with E-state index in [0.717, 1.165) is 5.56 Å². The van der Waals surface area contributed by atoms with Crippen LogP contribution in [0.25, 0.3) is 0 Å². The third-order valence-corrected chi connectivity index (χ3v) is 1.86. The molecule has 13 heavy (non-hydrogen) atoms.